The molecule has 1 aromatic carbocycles. The summed E-state index contributed by atoms with van der Waals surface area (Å²) in [4.78, 5) is 0. The number of halogens is 1. The van der Waals surface area contributed by atoms with Gasteiger partial charge in [-0.25, -0.2) is 0 Å². The van der Waals surface area contributed by atoms with Gasteiger partial charge in [0.2, 0.25) is 0 Å². The summed E-state index contributed by atoms with van der Waals surface area (Å²) in [6.45, 7) is 3.19. The third kappa shape index (κ3) is 3.11. The fraction of sp³-hybridized carbons (Fsp3) is 0.455. The smallest absolute Gasteiger partial charge is 0.175 e. The molecule has 1 aromatic rings. The van der Waals surface area contributed by atoms with Crippen molar-refractivity contribution >= 4 is 15.9 Å². The zero-order valence-electron chi connectivity index (χ0n) is 9.05. The molecule has 0 saturated heterocycles. The summed E-state index contributed by atoms with van der Waals surface area (Å²) < 4.78 is 11.7. The summed E-state index contributed by atoms with van der Waals surface area (Å²) in [6.07, 6.45) is 0.835. The Kier molecular flexibility index (Phi) is 4.91. The van der Waals surface area contributed by atoms with E-state index in [9.17, 15) is 0 Å². The van der Waals surface area contributed by atoms with Crippen LogP contribution in [0.3, 0.4) is 0 Å². The summed E-state index contributed by atoms with van der Waals surface area (Å²) in [6, 6.07) is 3.98. The van der Waals surface area contributed by atoms with E-state index < -0.39 is 0 Å². The predicted molar refractivity (Wildman–Crippen MR) is 64.6 cm³/mol. The van der Waals surface area contributed by atoms with Crippen LogP contribution in [0.2, 0.25) is 0 Å². The molecular formula is C11H16BrNO2. The highest BCUT2D eigenvalue weighted by molar-refractivity contribution is 9.10. The number of hydrogen-bond acceptors (Lipinski definition) is 3. The topological polar surface area (TPSA) is 44.5 Å². The van der Waals surface area contributed by atoms with E-state index in [1.165, 1.54) is 0 Å². The quantitative estimate of drug-likeness (QED) is 0.896. The second-order valence-electron chi connectivity index (χ2n) is 3.08. The molecule has 2 N–H and O–H groups in total. The highest BCUT2D eigenvalue weighted by Crippen LogP contribution is 2.36. The van der Waals surface area contributed by atoms with Crippen molar-refractivity contribution in [2.45, 2.75) is 13.3 Å². The molecule has 84 valence electrons. The molecule has 0 amide bonds. The van der Waals surface area contributed by atoms with Crippen LogP contribution in [-0.2, 0) is 6.42 Å². The van der Waals surface area contributed by atoms with Gasteiger partial charge in [-0.05, 0) is 53.5 Å². The monoisotopic (exact) mass is 273 g/mol. The minimum absolute atomic E-state index is 0.616. The Morgan fingerprint density at radius 1 is 1.40 bits per heavy atom. The molecule has 0 unspecified atom stereocenters. The number of rotatable bonds is 5. The zero-order valence-corrected chi connectivity index (χ0v) is 10.6. The third-order valence-corrected chi connectivity index (χ3v) is 2.60. The molecule has 0 radical (unpaired) electrons. The lowest BCUT2D eigenvalue weighted by atomic mass is 10.1. The minimum atomic E-state index is 0.616. The first-order chi connectivity index (χ1) is 7.22. The van der Waals surface area contributed by atoms with Gasteiger partial charge in [0.1, 0.15) is 0 Å². The van der Waals surface area contributed by atoms with Crippen molar-refractivity contribution in [3.63, 3.8) is 0 Å². The minimum Gasteiger partial charge on any atom is -0.493 e. The fourth-order valence-electron chi connectivity index (χ4n) is 1.37. The van der Waals surface area contributed by atoms with Crippen LogP contribution in [0.1, 0.15) is 12.5 Å². The summed E-state index contributed by atoms with van der Waals surface area (Å²) >= 11 is 3.46. The van der Waals surface area contributed by atoms with Crippen molar-refractivity contribution in [1.82, 2.24) is 0 Å². The van der Waals surface area contributed by atoms with Gasteiger partial charge in [0.05, 0.1) is 18.2 Å². The van der Waals surface area contributed by atoms with Crippen molar-refractivity contribution in [2.24, 2.45) is 5.73 Å². The lowest BCUT2D eigenvalue weighted by molar-refractivity contribution is 0.308. The highest BCUT2D eigenvalue weighted by atomic mass is 79.9. The average Bonchev–Trinajstić information content (AvgIpc) is 2.22. The van der Waals surface area contributed by atoms with Crippen molar-refractivity contribution in [3.05, 3.63) is 22.2 Å². The molecule has 0 aromatic heterocycles. The highest BCUT2D eigenvalue weighted by Gasteiger charge is 2.10. The fourth-order valence-corrected chi connectivity index (χ4v) is 1.97. The molecule has 0 saturated carbocycles. The Bertz CT molecular complexity index is 329. The maximum atomic E-state index is 5.51. The van der Waals surface area contributed by atoms with E-state index in [0.717, 1.165) is 28.0 Å². The lowest BCUT2D eigenvalue weighted by Crippen LogP contribution is -2.04. The van der Waals surface area contributed by atoms with Crippen LogP contribution < -0.4 is 15.2 Å². The SMILES string of the molecule is CCOc1c(Br)cc(CCN)cc1OC. The van der Waals surface area contributed by atoms with E-state index in [1.54, 1.807) is 7.11 Å². The maximum absolute atomic E-state index is 5.51. The van der Waals surface area contributed by atoms with Gasteiger partial charge in [-0.1, -0.05) is 0 Å². The molecule has 0 bridgehead atoms. The van der Waals surface area contributed by atoms with Crippen molar-refractivity contribution < 1.29 is 9.47 Å². The molecular weight excluding hydrogens is 258 g/mol. The molecule has 15 heavy (non-hydrogen) atoms. The van der Waals surface area contributed by atoms with Crippen molar-refractivity contribution in [3.8, 4) is 11.5 Å². The van der Waals surface area contributed by atoms with Gasteiger partial charge in [-0.2, -0.15) is 0 Å². The van der Waals surface area contributed by atoms with Gasteiger partial charge in [-0.15, -0.1) is 0 Å². The van der Waals surface area contributed by atoms with Crippen LogP contribution in [0.5, 0.6) is 11.5 Å². The standard InChI is InChI=1S/C11H16BrNO2/c1-3-15-11-9(12)6-8(4-5-13)7-10(11)14-2/h6-7H,3-5,13H2,1-2H3. The molecule has 0 aliphatic rings. The Morgan fingerprint density at radius 3 is 2.67 bits per heavy atom. The van der Waals surface area contributed by atoms with Crippen molar-refractivity contribution in [1.29, 1.82) is 0 Å². The molecule has 3 nitrogen and oxygen atoms in total. The van der Waals surface area contributed by atoms with Gasteiger partial charge < -0.3 is 15.2 Å². The van der Waals surface area contributed by atoms with Crippen LogP contribution >= 0.6 is 15.9 Å². The predicted octanol–water partition coefficient (Wildman–Crippen LogP) is 2.36. The van der Waals surface area contributed by atoms with Crippen LogP contribution in [0.15, 0.2) is 16.6 Å². The normalized spacial score (nSPS) is 10.1. The Labute approximate surface area is 98.7 Å². The van der Waals surface area contributed by atoms with Crippen LogP contribution in [0.4, 0.5) is 0 Å². The largest absolute Gasteiger partial charge is 0.493 e. The van der Waals surface area contributed by atoms with E-state index in [0.29, 0.717) is 13.2 Å². The number of nitrogens with two attached hydrogens (primary N) is 1. The summed E-state index contributed by atoms with van der Waals surface area (Å²) in [5.41, 5.74) is 6.65. The van der Waals surface area contributed by atoms with Crippen LogP contribution in [0.25, 0.3) is 0 Å². The molecule has 0 aliphatic carbocycles. The zero-order chi connectivity index (χ0) is 11.3. The van der Waals surface area contributed by atoms with Gasteiger partial charge in [0, 0.05) is 0 Å². The first-order valence-corrected chi connectivity index (χ1v) is 5.71. The molecule has 0 atom stereocenters. The molecule has 0 aliphatic heterocycles. The molecule has 0 fully saturated rings. The second kappa shape index (κ2) is 5.98. The van der Waals surface area contributed by atoms with Crippen LogP contribution in [0, 0.1) is 0 Å². The van der Waals surface area contributed by atoms with Crippen LogP contribution in [-0.4, -0.2) is 20.3 Å². The van der Waals surface area contributed by atoms with Crippen molar-refractivity contribution in [2.75, 3.05) is 20.3 Å². The van der Waals surface area contributed by atoms with E-state index in [4.69, 9.17) is 15.2 Å². The number of hydrogen-bond donors (Lipinski definition) is 1. The number of benzene rings is 1. The Hall–Kier alpha value is -0.740. The van der Waals surface area contributed by atoms with Gasteiger partial charge >= 0.3 is 0 Å². The Balaban J connectivity index is 3.06. The average molecular weight is 274 g/mol. The van der Waals surface area contributed by atoms with E-state index in [-0.39, 0.29) is 0 Å². The Morgan fingerprint density at radius 2 is 2.13 bits per heavy atom. The van der Waals surface area contributed by atoms with Gasteiger partial charge in [-0.3, -0.25) is 0 Å². The molecule has 0 heterocycles. The summed E-state index contributed by atoms with van der Waals surface area (Å²) in [7, 11) is 1.64. The second-order valence-corrected chi connectivity index (χ2v) is 3.94. The van der Waals surface area contributed by atoms with E-state index >= 15 is 0 Å². The first-order valence-electron chi connectivity index (χ1n) is 4.92. The molecule has 0 spiro atoms. The third-order valence-electron chi connectivity index (χ3n) is 2.01. The maximum Gasteiger partial charge on any atom is 0.175 e. The number of methoxy groups -OCH3 is 1. The molecule has 1 rings (SSSR count). The summed E-state index contributed by atoms with van der Waals surface area (Å²) in [5.74, 6) is 1.50. The van der Waals surface area contributed by atoms with Gasteiger partial charge in [0.25, 0.3) is 0 Å². The lowest BCUT2D eigenvalue weighted by Gasteiger charge is -2.12. The summed E-state index contributed by atoms with van der Waals surface area (Å²) in [5, 5.41) is 0. The first kappa shape index (κ1) is 12.3. The van der Waals surface area contributed by atoms with E-state index in [2.05, 4.69) is 15.9 Å². The molecule has 4 heteroatoms. The van der Waals surface area contributed by atoms with Gasteiger partial charge in [0.15, 0.2) is 11.5 Å². The number of ether oxygens (including phenoxy) is 2. The van der Waals surface area contributed by atoms with E-state index in [1.807, 2.05) is 19.1 Å².